The number of H-pyrrole nitrogens is 1. The Bertz CT molecular complexity index is 698. The van der Waals surface area contributed by atoms with E-state index in [0.717, 1.165) is 49.2 Å². The van der Waals surface area contributed by atoms with Crippen molar-refractivity contribution in [2.24, 2.45) is 7.05 Å². The molecule has 7 heteroatoms. The zero-order chi connectivity index (χ0) is 17.2. The van der Waals surface area contributed by atoms with Gasteiger partial charge in [0, 0.05) is 31.7 Å². The third-order valence-corrected chi connectivity index (χ3v) is 5.58. The third-order valence-electron chi connectivity index (χ3n) is 5.58. The van der Waals surface area contributed by atoms with Crippen LogP contribution < -0.4 is 0 Å². The number of aryl methyl sites for hydroxylation is 1. The Balaban J connectivity index is 1.41. The molecule has 0 aromatic carbocycles. The summed E-state index contributed by atoms with van der Waals surface area (Å²) < 4.78 is 2.24. The maximum absolute atomic E-state index is 4.56. The molecule has 2 aromatic rings. The molecule has 0 saturated carbocycles. The van der Waals surface area contributed by atoms with Crippen LogP contribution in [0.2, 0.25) is 0 Å². The number of aromatic nitrogens is 5. The summed E-state index contributed by atoms with van der Waals surface area (Å²) in [4.78, 5) is 4.99. The fourth-order valence-corrected chi connectivity index (χ4v) is 4.20. The van der Waals surface area contributed by atoms with Crippen LogP contribution in [0.3, 0.4) is 0 Å². The Morgan fingerprint density at radius 2 is 1.88 bits per heavy atom. The molecule has 2 aliphatic heterocycles. The summed E-state index contributed by atoms with van der Waals surface area (Å²) in [7, 11) is 2.14. The molecule has 2 saturated heterocycles. The minimum absolute atomic E-state index is 0.471. The number of nitrogens with zero attached hydrogens (tertiary/aromatic N) is 6. The first-order chi connectivity index (χ1) is 12.2. The molecule has 2 fully saturated rings. The van der Waals surface area contributed by atoms with Gasteiger partial charge in [-0.05, 0) is 58.3 Å². The zero-order valence-electron chi connectivity index (χ0n) is 15.4. The quantitative estimate of drug-likeness (QED) is 0.897. The van der Waals surface area contributed by atoms with E-state index in [2.05, 4.69) is 54.8 Å². The summed E-state index contributed by atoms with van der Waals surface area (Å²) in [6, 6.07) is 2.14. The Kier molecular flexibility index (Phi) is 4.85. The number of likely N-dealkylation sites (tertiary alicyclic amines) is 2. The molecule has 25 heavy (non-hydrogen) atoms. The smallest absolute Gasteiger partial charge is 0.146 e. The molecule has 0 spiro atoms. The average molecular weight is 343 g/mol. The molecule has 2 aromatic heterocycles. The highest BCUT2D eigenvalue weighted by molar-refractivity contribution is 5.08. The maximum Gasteiger partial charge on any atom is 0.146 e. The standard InChI is InChI=1S/C18H29N7/c1-14-10-16(20-19-14)12-25-9-5-6-15(11-25)18-22-21-17(23(18)2)13-24-7-3-4-8-24/h10,15H,3-9,11-13H2,1-2H3,(H,19,20)/t15-/m1/s1. The minimum Gasteiger partial charge on any atom is -0.317 e. The summed E-state index contributed by atoms with van der Waals surface area (Å²) in [5, 5.41) is 16.5. The number of piperidine rings is 1. The first kappa shape index (κ1) is 16.7. The van der Waals surface area contributed by atoms with E-state index in [4.69, 9.17) is 0 Å². The highest BCUT2D eigenvalue weighted by atomic mass is 15.3. The lowest BCUT2D eigenvalue weighted by molar-refractivity contribution is 0.193. The van der Waals surface area contributed by atoms with Crippen molar-refractivity contribution >= 4 is 0 Å². The van der Waals surface area contributed by atoms with E-state index in [0.29, 0.717) is 5.92 Å². The molecule has 1 N–H and O–H groups in total. The lowest BCUT2D eigenvalue weighted by atomic mass is 9.97. The summed E-state index contributed by atoms with van der Waals surface area (Å²) >= 11 is 0. The van der Waals surface area contributed by atoms with Crippen molar-refractivity contribution in [3.63, 3.8) is 0 Å². The number of rotatable bonds is 5. The van der Waals surface area contributed by atoms with E-state index in [1.807, 2.05) is 0 Å². The Hall–Kier alpha value is -1.73. The molecule has 0 radical (unpaired) electrons. The van der Waals surface area contributed by atoms with Gasteiger partial charge in [0.05, 0.1) is 12.2 Å². The predicted octanol–water partition coefficient (Wildman–Crippen LogP) is 1.82. The lowest BCUT2D eigenvalue weighted by Gasteiger charge is -2.31. The van der Waals surface area contributed by atoms with E-state index in [1.54, 1.807) is 0 Å². The van der Waals surface area contributed by atoms with Crippen LogP contribution in [-0.4, -0.2) is 60.9 Å². The first-order valence-electron chi connectivity index (χ1n) is 9.53. The molecule has 136 valence electrons. The normalized spacial score (nSPS) is 22.7. The fourth-order valence-electron chi connectivity index (χ4n) is 4.20. The van der Waals surface area contributed by atoms with Crippen molar-refractivity contribution in [2.75, 3.05) is 26.2 Å². The minimum atomic E-state index is 0.471. The molecule has 0 bridgehead atoms. The predicted molar refractivity (Wildman–Crippen MR) is 96.1 cm³/mol. The Labute approximate surface area is 149 Å². The fraction of sp³-hybridized carbons (Fsp3) is 0.722. The monoisotopic (exact) mass is 343 g/mol. The summed E-state index contributed by atoms with van der Waals surface area (Å²) in [6.45, 7) is 8.48. The largest absolute Gasteiger partial charge is 0.317 e. The van der Waals surface area contributed by atoms with Crippen LogP contribution in [0.1, 0.15) is 54.6 Å². The number of hydrogen-bond acceptors (Lipinski definition) is 5. The molecule has 0 amide bonds. The molecule has 0 aliphatic carbocycles. The van der Waals surface area contributed by atoms with E-state index < -0.39 is 0 Å². The van der Waals surface area contributed by atoms with Gasteiger partial charge in [-0.15, -0.1) is 10.2 Å². The van der Waals surface area contributed by atoms with Crippen molar-refractivity contribution in [2.45, 2.75) is 51.6 Å². The van der Waals surface area contributed by atoms with Crippen LogP contribution in [0.25, 0.3) is 0 Å². The van der Waals surface area contributed by atoms with Gasteiger partial charge in [0.15, 0.2) is 0 Å². The molecule has 7 nitrogen and oxygen atoms in total. The highest BCUT2D eigenvalue weighted by Crippen LogP contribution is 2.27. The molecule has 4 rings (SSSR count). The molecule has 0 unspecified atom stereocenters. The SMILES string of the molecule is Cc1cc(CN2CCC[C@@H](c3nnc(CN4CCCC4)n3C)C2)n[nH]1. The summed E-state index contributed by atoms with van der Waals surface area (Å²) in [5.74, 6) is 2.73. The van der Waals surface area contributed by atoms with Crippen LogP contribution in [0.5, 0.6) is 0 Å². The molecule has 1 atom stereocenters. The van der Waals surface area contributed by atoms with E-state index in [1.165, 1.54) is 38.8 Å². The van der Waals surface area contributed by atoms with Gasteiger partial charge in [-0.2, -0.15) is 5.10 Å². The van der Waals surface area contributed by atoms with Gasteiger partial charge in [-0.1, -0.05) is 0 Å². The van der Waals surface area contributed by atoms with Crippen LogP contribution in [-0.2, 0) is 20.1 Å². The average Bonchev–Trinajstić information content (AvgIpc) is 3.33. The van der Waals surface area contributed by atoms with Gasteiger partial charge in [0.2, 0.25) is 0 Å². The topological polar surface area (TPSA) is 65.9 Å². The molecule has 2 aliphatic rings. The second-order valence-electron chi connectivity index (χ2n) is 7.63. The first-order valence-corrected chi connectivity index (χ1v) is 9.53. The van der Waals surface area contributed by atoms with Gasteiger partial charge in [-0.25, -0.2) is 0 Å². The Morgan fingerprint density at radius 3 is 2.64 bits per heavy atom. The van der Waals surface area contributed by atoms with Crippen molar-refractivity contribution in [1.29, 1.82) is 0 Å². The second-order valence-corrected chi connectivity index (χ2v) is 7.63. The van der Waals surface area contributed by atoms with Gasteiger partial charge in [0.25, 0.3) is 0 Å². The van der Waals surface area contributed by atoms with E-state index in [-0.39, 0.29) is 0 Å². The van der Waals surface area contributed by atoms with E-state index in [9.17, 15) is 0 Å². The van der Waals surface area contributed by atoms with Crippen molar-refractivity contribution in [3.8, 4) is 0 Å². The van der Waals surface area contributed by atoms with Gasteiger partial charge in [0.1, 0.15) is 11.6 Å². The summed E-state index contributed by atoms with van der Waals surface area (Å²) in [6.07, 6.45) is 5.04. The molecular weight excluding hydrogens is 314 g/mol. The van der Waals surface area contributed by atoms with Crippen LogP contribution >= 0.6 is 0 Å². The van der Waals surface area contributed by atoms with Gasteiger partial charge >= 0.3 is 0 Å². The Morgan fingerprint density at radius 1 is 1.08 bits per heavy atom. The molecule has 4 heterocycles. The summed E-state index contributed by atoms with van der Waals surface area (Å²) in [5.41, 5.74) is 2.26. The van der Waals surface area contributed by atoms with Gasteiger partial charge < -0.3 is 4.57 Å². The second kappa shape index (κ2) is 7.25. The number of hydrogen-bond donors (Lipinski definition) is 1. The van der Waals surface area contributed by atoms with Crippen LogP contribution in [0.4, 0.5) is 0 Å². The van der Waals surface area contributed by atoms with Crippen LogP contribution in [0.15, 0.2) is 6.07 Å². The van der Waals surface area contributed by atoms with Crippen LogP contribution in [0, 0.1) is 6.92 Å². The van der Waals surface area contributed by atoms with Crippen molar-refractivity contribution in [3.05, 3.63) is 29.1 Å². The van der Waals surface area contributed by atoms with Crippen molar-refractivity contribution in [1.82, 2.24) is 34.8 Å². The molecular formula is C18H29N7. The number of aromatic amines is 1. The van der Waals surface area contributed by atoms with Crippen molar-refractivity contribution < 1.29 is 0 Å². The number of nitrogens with one attached hydrogen (secondary N) is 1. The lowest BCUT2D eigenvalue weighted by Crippen LogP contribution is -2.35. The maximum atomic E-state index is 4.56. The van der Waals surface area contributed by atoms with E-state index >= 15 is 0 Å². The van der Waals surface area contributed by atoms with Gasteiger partial charge in [-0.3, -0.25) is 14.9 Å². The third kappa shape index (κ3) is 3.77. The highest BCUT2D eigenvalue weighted by Gasteiger charge is 2.27. The zero-order valence-corrected chi connectivity index (χ0v) is 15.4.